The summed E-state index contributed by atoms with van der Waals surface area (Å²) in [4.78, 5) is 16.6. The van der Waals surface area contributed by atoms with Crippen LogP contribution in [0, 0.1) is 18.3 Å². The summed E-state index contributed by atoms with van der Waals surface area (Å²) in [5.41, 5.74) is 3.03. The molecule has 0 aliphatic carbocycles. The number of anilines is 1. The minimum atomic E-state index is -0.179. The highest BCUT2D eigenvalue weighted by molar-refractivity contribution is 8.00. The summed E-state index contributed by atoms with van der Waals surface area (Å²) >= 11 is 7.15. The summed E-state index contributed by atoms with van der Waals surface area (Å²) in [6.45, 7) is 1.99. The van der Waals surface area contributed by atoms with Gasteiger partial charge in [-0.3, -0.25) is 4.79 Å². The molecule has 6 heteroatoms. The predicted octanol–water partition coefficient (Wildman–Crippen LogP) is 4.80. The Hall–Kier alpha value is -2.55. The van der Waals surface area contributed by atoms with E-state index >= 15 is 0 Å². The minimum Gasteiger partial charge on any atom is -0.325 e. The molecular weight excluding hydrogens is 354 g/mol. The van der Waals surface area contributed by atoms with Crippen molar-refractivity contribution in [1.82, 2.24) is 4.98 Å². The lowest BCUT2D eigenvalue weighted by atomic mass is 10.1. The van der Waals surface area contributed by atoms with Crippen molar-refractivity contribution in [2.75, 3.05) is 11.1 Å². The molecule has 1 amide bonds. The van der Waals surface area contributed by atoms with Crippen molar-refractivity contribution in [2.24, 2.45) is 0 Å². The Morgan fingerprint density at radius 2 is 2.12 bits per heavy atom. The molecule has 4 nitrogen and oxygen atoms in total. The van der Waals surface area contributed by atoms with Crippen LogP contribution in [-0.2, 0) is 4.79 Å². The molecule has 1 aromatic heterocycles. The van der Waals surface area contributed by atoms with Gasteiger partial charge in [-0.1, -0.05) is 41.1 Å². The Bertz CT molecular complexity index is 998. The predicted molar refractivity (Wildman–Crippen MR) is 102 cm³/mol. The summed E-state index contributed by atoms with van der Waals surface area (Å²) in [5, 5.41) is 14.2. The maximum absolute atomic E-state index is 12.1. The number of halogens is 1. The maximum atomic E-state index is 12.1. The van der Waals surface area contributed by atoms with Gasteiger partial charge in [0, 0.05) is 16.1 Å². The third-order valence-corrected chi connectivity index (χ3v) is 4.73. The van der Waals surface area contributed by atoms with Crippen LogP contribution in [0.25, 0.3) is 10.9 Å². The Labute approximate surface area is 154 Å². The number of benzene rings is 2. The van der Waals surface area contributed by atoms with Crippen LogP contribution in [0.5, 0.6) is 0 Å². The number of thioether (sulfide) groups is 1. The summed E-state index contributed by atoms with van der Waals surface area (Å²) in [5.74, 6) is -0.0204. The van der Waals surface area contributed by atoms with E-state index in [0.717, 1.165) is 16.5 Å². The van der Waals surface area contributed by atoms with Crippen LogP contribution in [0.15, 0.2) is 53.6 Å². The number of aromatic nitrogens is 1. The molecule has 0 spiro atoms. The molecule has 3 rings (SSSR count). The van der Waals surface area contributed by atoms with Crippen molar-refractivity contribution in [3.8, 4) is 6.07 Å². The topological polar surface area (TPSA) is 65.8 Å². The summed E-state index contributed by atoms with van der Waals surface area (Å²) in [7, 11) is 0. The fourth-order valence-corrected chi connectivity index (χ4v) is 3.32. The number of hydrogen-bond acceptors (Lipinski definition) is 4. The van der Waals surface area contributed by atoms with E-state index in [9.17, 15) is 10.1 Å². The number of aryl methyl sites for hydroxylation is 1. The SMILES string of the molecule is Cc1ccc2nc(SCC(=O)Nc3cccc(Cl)c3)c(C#N)cc2c1. The lowest BCUT2D eigenvalue weighted by Crippen LogP contribution is -2.14. The average Bonchev–Trinajstić information content (AvgIpc) is 2.59. The molecule has 0 atom stereocenters. The Morgan fingerprint density at radius 3 is 2.88 bits per heavy atom. The number of carbonyl (C=O) groups is 1. The zero-order valence-corrected chi connectivity index (χ0v) is 15.0. The Balaban J connectivity index is 1.75. The van der Waals surface area contributed by atoms with Crippen LogP contribution < -0.4 is 5.32 Å². The number of pyridine rings is 1. The van der Waals surface area contributed by atoms with Crippen LogP contribution in [0.4, 0.5) is 5.69 Å². The van der Waals surface area contributed by atoms with Gasteiger partial charge in [0.1, 0.15) is 11.1 Å². The molecule has 2 aromatic carbocycles. The molecule has 0 unspecified atom stereocenters. The van der Waals surface area contributed by atoms with Crippen LogP contribution >= 0.6 is 23.4 Å². The van der Waals surface area contributed by atoms with Gasteiger partial charge in [-0.2, -0.15) is 5.26 Å². The lowest BCUT2D eigenvalue weighted by Gasteiger charge is -2.07. The molecule has 0 radical (unpaired) electrons. The number of rotatable bonds is 4. The molecule has 25 heavy (non-hydrogen) atoms. The molecule has 0 aliphatic heterocycles. The first-order chi connectivity index (χ1) is 12.0. The van der Waals surface area contributed by atoms with E-state index < -0.39 is 0 Å². The van der Waals surface area contributed by atoms with E-state index in [1.54, 1.807) is 24.3 Å². The van der Waals surface area contributed by atoms with E-state index in [-0.39, 0.29) is 11.7 Å². The Morgan fingerprint density at radius 1 is 1.28 bits per heavy atom. The number of carbonyl (C=O) groups excluding carboxylic acids is 1. The van der Waals surface area contributed by atoms with Crippen molar-refractivity contribution in [3.63, 3.8) is 0 Å². The van der Waals surface area contributed by atoms with Crippen LogP contribution in [0.1, 0.15) is 11.1 Å². The monoisotopic (exact) mass is 367 g/mol. The summed E-state index contributed by atoms with van der Waals surface area (Å²) < 4.78 is 0. The second kappa shape index (κ2) is 7.56. The standard InChI is InChI=1S/C19H14ClN3OS/c1-12-5-6-17-13(7-12)8-14(10-21)19(23-17)25-11-18(24)22-16-4-2-3-15(20)9-16/h2-9H,11H2,1H3,(H,22,24). The first-order valence-corrected chi connectivity index (χ1v) is 8.91. The fourth-order valence-electron chi connectivity index (χ4n) is 2.37. The number of nitrogens with zero attached hydrogens (tertiary/aromatic N) is 2. The fraction of sp³-hybridized carbons (Fsp3) is 0.105. The van der Waals surface area contributed by atoms with Gasteiger partial charge in [0.2, 0.25) is 5.91 Å². The van der Waals surface area contributed by atoms with Gasteiger partial charge < -0.3 is 5.32 Å². The molecule has 0 aliphatic rings. The van der Waals surface area contributed by atoms with Gasteiger partial charge in [-0.25, -0.2) is 4.98 Å². The van der Waals surface area contributed by atoms with Crippen molar-refractivity contribution in [2.45, 2.75) is 11.9 Å². The molecular formula is C19H14ClN3OS. The molecule has 0 fully saturated rings. The number of nitrogens with one attached hydrogen (secondary N) is 1. The first kappa shape index (κ1) is 17.3. The summed E-state index contributed by atoms with van der Waals surface area (Å²) in [6.07, 6.45) is 0. The molecule has 3 aromatic rings. The normalized spacial score (nSPS) is 10.4. The van der Waals surface area contributed by atoms with Gasteiger partial charge in [0.25, 0.3) is 0 Å². The van der Waals surface area contributed by atoms with Crippen molar-refractivity contribution < 1.29 is 4.79 Å². The van der Waals surface area contributed by atoms with Gasteiger partial charge in [-0.05, 0) is 43.3 Å². The van der Waals surface area contributed by atoms with Crippen molar-refractivity contribution in [3.05, 3.63) is 64.7 Å². The van der Waals surface area contributed by atoms with Crippen LogP contribution in [-0.4, -0.2) is 16.6 Å². The van der Waals surface area contributed by atoms with Gasteiger partial charge in [0.15, 0.2) is 0 Å². The van der Waals surface area contributed by atoms with Gasteiger partial charge >= 0.3 is 0 Å². The quantitative estimate of drug-likeness (QED) is 0.672. The van der Waals surface area contributed by atoms with Gasteiger partial charge in [0.05, 0.1) is 16.8 Å². The van der Waals surface area contributed by atoms with E-state index in [4.69, 9.17) is 11.6 Å². The lowest BCUT2D eigenvalue weighted by molar-refractivity contribution is -0.113. The van der Waals surface area contributed by atoms with Crippen molar-refractivity contribution in [1.29, 1.82) is 5.26 Å². The highest BCUT2D eigenvalue weighted by Crippen LogP contribution is 2.25. The second-order valence-corrected chi connectivity index (χ2v) is 6.90. The smallest absolute Gasteiger partial charge is 0.234 e. The zero-order valence-electron chi connectivity index (χ0n) is 13.4. The average molecular weight is 368 g/mol. The van der Waals surface area contributed by atoms with E-state index in [1.807, 2.05) is 31.2 Å². The van der Waals surface area contributed by atoms with E-state index in [0.29, 0.717) is 21.3 Å². The van der Waals surface area contributed by atoms with Crippen LogP contribution in [0.3, 0.4) is 0 Å². The minimum absolute atomic E-state index is 0.158. The highest BCUT2D eigenvalue weighted by Gasteiger charge is 2.11. The third kappa shape index (κ3) is 4.30. The zero-order chi connectivity index (χ0) is 17.8. The highest BCUT2D eigenvalue weighted by atomic mass is 35.5. The number of fused-ring (bicyclic) bond motifs is 1. The number of nitriles is 1. The molecule has 0 saturated heterocycles. The number of amides is 1. The van der Waals surface area contributed by atoms with E-state index in [2.05, 4.69) is 16.4 Å². The first-order valence-electron chi connectivity index (χ1n) is 7.55. The summed E-state index contributed by atoms with van der Waals surface area (Å²) in [6, 6.07) is 16.8. The van der Waals surface area contributed by atoms with Crippen LogP contribution in [0.2, 0.25) is 5.02 Å². The second-order valence-electron chi connectivity index (χ2n) is 5.50. The maximum Gasteiger partial charge on any atom is 0.234 e. The Kier molecular flexibility index (Phi) is 5.22. The molecule has 0 saturated carbocycles. The van der Waals surface area contributed by atoms with Gasteiger partial charge in [-0.15, -0.1) is 0 Å². The molecule has 1 heterocycles. The third-order valence-electron chi connectivity index (χ3n) is 3.50. The number of hydrogen-bond donors (Lipinski definition) is 1. The molecule has 124 valence electrons. The molecule has 0 bridgehead atoms. The van der Waals surface area contributed by atoms with E-state index in [1.165, 1.54) is 11.8 Å². The largest absolute Gasteiger partial charge is 0.325 e. The molecule has 1 N–H and O–H groups in total. The van der Waals surface area contributed by atoms with Crippen molar-refractivity contribution >= 4 is 45.9 Å².